The highest BCUT2D eigenvalue weighted by atomic mass is 28.2. The second-order valence-corrected chi connectivity index (χ2v) is 13.5. The van der Waals surface area contributed by atoms with Crippen LogP contribution < -0.4 is 5.73 Å². The first kappa shape index (κ1) is 11.8. The molecular formula is C20H23NOSi. The summed E-state index contributed by atoms with van der Waals surface area (Å²) in [7, 11) is -0.449. The van der Waals surface area contributed by atoms with Crippen molar-refractivity contribution in [2.75, 3.05) is 0 Å². The molecule has 1 amide bonds. The van der Waals surface area contributed by atoms with Gasteiger partial charge in [-0.05, 0) is 76.2 Å². The highest BCUT2D eigenvalue weighted by Gasteiger charge is 3.35. The lowest BCUT2D eigenvalue weighted by Gasteiger charge is -2.65. The van der Waals surface area contributed by atoms with E-state index in [1.807, 2.05) is 5.17 Å². The number of hydrogen-bond donors (Lipinski definition) is 1. The fourth-order valence-corrected chi connectivity index (χ4v) is 16.0. The molecule has 2 nitrogen and oxygen atoms in total. The molecule has 2 N–H and O–H groups in total. The molecule has 10 atom stereocenters. The van der Waals surface area contributed by atoms with E-state index in [1.165, 1.54) is 25.7 Å². The van der Waals surface area contributed by atoms with Gasteiger partial charge in [0.2, 0.25) is 5.91 Å². The largest absolute Gasteiger partial charge is 0.369 e. The van der Waals surface area contributed by atoms with Crippen molar-refractivity contribution in [3.05, 3.63) is 12.2 Å². The molecule has 10 rings (SSSR count). The standard InChI is InChI=1S/C20H23NOSi/c1-3-11-5-4-9(2)23(11)12-10-6-16(15(21)22)8-17(12)13-19(16)14-18(19,7-10)20(13,14)17/h4-5,9-10,12-14H,3,6-8H2,1-2H3,(H2,21,22). The molecule has 1 aliphatic heterocycles. The molecule has 0 aromatic rings. The zero-order chi connectivity index (χ0) is 15.4. The molecule has 10 aliphatic rings. The lowest BCUT2D eigenvalue weighted by atomic mass is 9.39. The van der Waals surface area contributed by atoms with Crippen molar-refractivity contribution >= 4 is 19.5 Å². The van der Waals surface area contributed by atoms with Gasteiger partial charge in [-0.2, -0.15) is 0 Å². The molecule has 0 aromatic heterocycles. The molecule has 9 fully saturated rings. The van der Waals surface area contributed by atoms with Gasteiger partial charge < -0.3 is 5.73 Å². The number of rotatable bonds is 3. The van der Waals surface area contributed by atoms with E-state index in [-0.39, 0.29) is 11.3 Å². The summed E-state index contributed by atoms with van der Waals surface area (Å²) in [4.78, 5) is 12.6. The molecule has 4 spiro atoms. The second-order valence-electron chi connectivity index (χ2n) is 10.4. The van der Waals surface area contributed by atoms with E-state index in [9.17, 15) is 4.79 Å². The SMILES string of the molecule is CCC1=[Si](C2C3CC4(C(N)=O)CC25C2C46C4C6(C3)C245)C(C)C=C1. The molecule has 3 heteroatoms. The Morgan fingerprint density at radius 1 is 1.35 bits per heavy atom. The van der Waals surface area contributed by atoms with E-state index in [0.29, 0.717) is 16.2 Å². The van der Waals surface area contributed by atoms with Crippen LogP contribution in [-0.2, 0) is 4.79 Å². The normalized spacial score (nSPS) is 74.6. The molecule has 9 saturated carbocycles. The minimum absolute atomic E-state index is 0.0359. The third kappa shape index (κ3) is 0.586. The van der Waals surface area contributed by atoms with Crippen molar-refractivity contribution in [1.29, 1.82) is 0 Å². The fraction of sp³-hybridized carbons (Fsp3) is 0.800. The summed E-state index contributed by atoms with van der Waals surface area (Å²) in [6.07, 6.45) is 10.1. The van der Waals surface area contributed by atoms with Gasteiger partial charge in [0.25, 0.3) is 0 Å². The molecule has 0 aromatic carbocycles. The first-order chi connectivity index (χ1) is 11.0. The highest BCUT2D eigenvalue weighted by Crippen LogP contribution is 3.37. The van der Waals surface area contributed by atoms with Crippen molar-refractivity contribution in [3.63, 3.8) is 0 Å². The van der Waals surface area contributed by atoms with E-state index >= 15 is 0 Å². The van der Waals surface area contributed by atoms with E-state index in [1.54, 1.807) is 0 Å². The van der Waals surface area contributed by atoms with Gasteiger partial charge in [0.1, 0.15) is 0 Å². The third-order valence-corrected chi connectivity index (χ3v) is 15.2. The number of carbonyl (C=O) groups excluding carboxylic acids is 1. The van der Waals surface area contributed by atoms with Gasteiger partial charge in [-0.25, -0.2) is 0 Å². The molecule has 0 radical (unpaired) electrons. The predicted octanol–water partition coefficient (Wildman–Crippen LogP) is 2.51. The molecule has 0 saturated heterocycles. The van der Waals surface area contributed by atoms with Gasteiger partial charge in [-0.1, -0.05) is 31.2 Å². The lowest BCUT2D eigenvalue weighted by molar-refractivity contribution is -0.183. The maximum absolute atomic E-state index is 12.6. The highest BCUT2D eigenvalue weighted by molar-refractivity contribution is 6.77. The summed E-state index contributed by atoms with van der Waals surface area (Å²) in [6, 6.07) is 0. The van der Waals surface area contributed by atoms with Gasteiger partial charge in [0, 0.05) is 8.41 Å². The molecule has 118 valence electrons. The molecule has 23 heavy (non-hydrogen) atoms. The zero-order valence-electron chi connectivity index (χ0n) is 13.9. The summed E-state index contributed by atoms with van der Waals surface area (Å²) in [5, 5.41) is 1.81. The molecule has 6 bridgehead atoms. The average Bonchev–Trinajstić information content (AvgIpc) is 3.26. The Morgan fingerprint density at radius 2 is 2.17 bits per heavy atom. The number of carbonyl (C=O) groups is 1. The molecular weight excluding hydrogens is 298 g/mol. The van der Waals surface area contributed by atoms with Crippen LogP contribution in [0, 0.1) is 44.8 Å². The zero-order valence-corrected chi connectivity index (χ0v) is 14.9. The number of hydrogen-bond acceptors (Lipinski definition) is 1. The molecule has 9 aliphatic carbocycles. The Balaban J connectivity index is 1.39. The van der Waals surface area contributed by atoms with Gasteiger partial charge in [-0.15, -0.1) is 0 Å². The van der Waals surface area contributed by atoms with E-state index in [2.05, 4.69) is 26.0 Å². The summed E-state index contributed by atoms with van der Waals surface area (Å²) in [5.41, 5.74) is 10.4. The van der Waals surface area contributed by atoms with Gasteiger partial charge >= 0.3 is 0 Å². The van der Waals surface area contributed by atoms with Crippen molar-refractivity contribution in [3.8, 4) is 0 Å². The summed E-state index contributed by atoms with van der Waals surface area (Å²) >= 11 is 0. The monoisotopic (exact) mass is 321 g/mol. The summed E-state index contributed by atoms with van der Waals surface area (Å²) < 4.78 is 0. The van der Waals surface area contributed by atoms with Crippen LogP contribution in [0.5, 0.6) is 0 Å². The second kappa shape index (κ2) is 2.50. The summed E-state index contributed by atoms with van der Waals surface area (Å²) in [6.45, 7) is 4.85. The van der Waals surface area contributed by atoms with Crippen molar-refractivity contribution in [1.82, 2.24) is 0 Å². The minimum atomic E-state index is -0.449. The van der Waals surface area contributed by atoms with E-state index in [4.69, 9.17) is 5.73 Å². The number of primary amides is 1. The average molecular weight is 321 g/mol. The summed E-state index contributed by atoms with van der Waals surface area (Å²) in [5.74, 6) is 2.87. The Morgan fingerprint density at radius 3 is 2.91 bits per heavy atom. The van der Waals surface area contributed by atoms with E-state index < -0.39 is 8.41 Å². The Labute approximate surface area is 138 Å². The van der Waals surface area contributed by atoms with Crippen molar-refractivity contribution in [2.24, 2.45) is 50.6 Å². The minimum Gasteiger partial charge on any atom is -0.369 e. The Hall–Kier alpha value is -0.703. The van der Waals surface area contributed by atoms with Crippen LogP contribution in [0.2, 0.25) is 11.1 Å². The molecule has 10 unspecified atom stereocenters. The van der Waals surface area contributed by atoms with Crippen LogP contribution in [0.15, 0.2) is 12.2 Å². The number of amides is 1. The Bertz CT molecular complexity index is 875. The first-order valence-electron chi connectivity index (χ1n) is 9.75. The van der Waals surface area contributed by atoms with E-state index in [0.717, 1.165) is 34.3 Å². The smallest absolute Gasteiger partial charge is 0.224 e. The fourth-order valence-electron chi connectivity index (χ4n) is 11.6. The lowest BCUT2D eigenvalue weighted by Crippen LogP contribution is -2.65. The van der Waals surface area contributed by atoms with Crippen LogP contribution in [0.3, 0.4) is 0 Å². The number of nitrogens with two attached hydrogens (primary N) is 1. The van der Waals surface area contributed by atoms with Crippen LogP contribution >= 0.6 is 0 Å². The van der Waals surface area contributed by atoms with Crippen LogP contribution in [0.4, 0.5) is 0 Å². The van der Waals surface area contributed by atoms with Crippen LogP contribution in [-0.4, -0.2) is 19.5 Å². The van der Waals surface area contributed by atoms with Gasteiger partial charge in [-0.3, -0.25) is 4.79 Å². The first-order valence-corrected chi connectivity index (χ1v) is 11.4. The maximum Gasteiger partial charge on any atom is 0.224 e. The quantitative estimate of drug-likeness (QED) is 0.798. The van der Waals surface area contributed by atoms with Gasteiger partial charge in [0.05, 0.1) is 5.41 Å². The van der Waals surface area contributed by atoms with Crippen molar-refractivity contribution < 1.29 is 4.79 Å². The molecule has 1 heterocycles. The van der Waals surface area contributed by atoms with Gasteiger partial charge in [0.15, 0.2) is 0 Å². The topological polar surface area (TPSA) is 43.1 Å². The predicted molar refractivity (Wildman–Crippen MR) is 89.0 cm³/mol. The van der Waals surface area contributed by atoms with Crippen LogP contribution in [0.25, 0.3) is 0 Å². The van der Waals surface area contributed by atoms with Crippen LogP contribution in [0.1, 0.15) is 39.5 Å². The third-order valence-electron chi connectivity index (χ3n) is 11.1. The van der Waals surface area contributed by atoms with Crippen molar-refractivity contribution in [2.45, 2.75) is 50.6 Å². The Kier molecular flexibility index (Phi) is 1.28. The number of allylic oxidation sites excluding steroid dienone is 2. The maximum atomic E-state index is 12.6.